The minimum Gasteiger partial charge on any atom is -0.392 e. The van der Waals surface area contributed by atoms with Gasteiger partial charge in [0, 0.05) is 46.7 Å². The fourth-order valence-electron chi connectivity index (χ4n) is 4.60. The van der Waals surface area contributed by atoms with Gasteiger partial charge in [0.1, 0.15) is 0 Å². The van der Waals surface area contributed by atoms with Crippen molar-refractivity contribution in [3.05, 3.63) is 61.5 Å². The fourth-order valence-corrected chi connectivity index (χ4v) is 4.81. The first-order chi connectivity index (χ1) is 14.8. The van der Waals surface area contributed by atoms with Crippen LogP contribution in [0.15, 0.2) is 23.0 Å². The van der Waals surface area contributed by atoms with Crippen LogP contribution in [0.2, 0.25) is 5.02 Å². The second kappa shape index (κ2) is 10.3. The predicted octanol–water partition coefficient (Wildman–Crippen LogP) is 4.23. The normalized spacial score (nSPS) is 14.5. The highest BCUT2D eigenvalue weighted by Crippen LogP contribution is 2.33. The highest BCUT2D eigenvalue weighted by atomic mass is 35.5. The maximum Gasteiger partial charge on any atom is 0.253 e. The molecule has 7 heteroatoms. The molecule has 1 heterocycles. The van der Waals surface area contributed by atoms with Crippen molar-refractivity contribution in [1.82, 2.24) is 10.3 Å². The van der Waals surface area contributed by atoms with Crippen LogP contribution in [0, 0.1) is 13.8 Å². The largest absolute Gasteiger partial charge is 0.392 e. The number of nitrogens with zero attached hydrogens (tertiary/aromatic N) is 1. The van der Waals surface area contributed by atoms with Crippen LogP contribution in [0.5, 0.6) is 0 Å². The van der Waals surface area contributed by atoms with Crippen molar-refractivity contribution in [3.8, 4) is 0 Å². The van der Waals surface area contributed by atoms with Gasteiger partial charge in [-0.15, -0.1) is 0 Å². The summed E-state index contributed by atoms with van der Waals surface area (Å²) < 4.78 is 0. The smallest absolute Gasteiger partial charge is 0.253 e. The number of hydrogen-bond donors (Lipinski definition) is 3. The summed E-state index contributed by atoms with van der Waals surface area (Å²) in [4.78, 5) is 30.4. The molecule has 1 aliphatic carbocycles. The second-order valence-corrected chi connectivity index (χ2v) is 8.74. The van der Waals surface area contributed by atoms with Crippen LogP contribution in [0.25, 0.3) is 0 Å². The number of H-pyrrole nitrogens is 1. The Kier molecular flexibility index (Phi) is 7.79. The number of aromatic amines is 1. The molecule has 0 aliphatic heterocycles. The lowest BCUT2D eigenvalue weighted by atomic mass is 9.93. The first-order valence-electron chi connectivity index (χ1n) is 11.0. The Morgan fingerprint density at radius 1 is 1.23 bits per heavy atom. The van der Waals surface area contributed by atoms with Crippen molar-refractivity contribution >= 4 is 23.2 Å². The molecule has 2 aromatic rings. The van der Waals surface area contributed by atoms with E-state index in [1.165, 1.54) is 19.3 Å². The van der Waals surface area contributed by atoms with Gasteiger partial charge in [0.15, 0.2) is 0 Å². The molecule has 3 rings (SSSR count). The van der Waals surface area contributed by atoms with Gasteiger partial charge in [-0.25, -0.2) is 0 Å². The number of aliphatic hydroxyl groups is 1. The lowest BCUT2D eigenvalue weighted by Gasteiger charge is -2.36. The maximum atomic E-state index is 13.0. The van der Waals surface area contributed by atoms with Crippen LogP contribution in [-0.4, -0.2) is 28.6 Å². The van der Waals surface area contributed by atoms with Crippen LogP contribution in [0.3, 0.4) is 0 Å². The quantitative estimate of drug-likeness (QED) is 0.595. The summed E-state index contributed by atoms with van der Waals surface area (Å²) in [7, 11) is 0. The molecule has 0 bridgehead atoms. The Morgan fingerprint density at radius 3 is 2.58 bits per heavy atom. The molecule has 0 radical (unpaired) electrons. The van der Waals surface area contributed by atoms with Gasteiger partial charge in [0.2, 0.25) is 0 Å². The first-order valence-corrected chi connectivity index (χ1v) is 11.4. The molecular weight excluding hydrogens is 414 g/mol. The van der Waals surface area contributed by atoms with E-state index in [4.69, 9.17) is 11.6 Å². The van der Waals surface area contributed by atoms with Gasteiger partial charge in [-0.2, -0.15) is 0 Å². The molecule has 1 fully saturated rings. The standard InChI is InChI=1S/C24H32ClN3O3/c1-4-28(19-8-6-5-7-9-19)22-12-18(25)11-20(16(22)3)23(30)26-13-21-17(14-29)10-15(2)27-24(21)31/h10-12,19,29H,4-9,13-14H2,1-3H3,(H,26,30)(H,27,31). The van der Waals surface area contributed by atoms with Crippen LogP contribution in [0.4, 0.5) is 5.69 Å². The number of aliphatic hydroxyl groups excluding tert-OH is 1. The Bertz CT molecular complexity index is 996. The third kappa shape index (κ3) is 5.31. The van der Waals surface area contributed by atoms with E-state index in [2.05, 4.69) is 22.1 Å². The molecule has 0 spiro atoms. The van der Waals surface area contributed by atoms with Crippen molar-refractivity contribution in [2.24, 2.45) is 0 Å². The number of halogens is 1. The number of carbonyl (C=O) groups is 1. The summed E-state index contributed by atoms with van der Waals surface area (Å²) in [6, 6.07) is 5.80. The Hall–Kier alpha value is -2.31. The molecule has 6 nitrogen and oxygen atoms in total. The van der Waals surface area contributed by atoms with Gasteiger partial charge >= 0.3 is 0 Å². The number of nitrogens with one attached hydrogen (secondary N) is 2. The molecule has 168 valence electrons. The summed E-state index contributed by atoms with van der Waals surface area (Å²) in [5.41, 5.74) is 3.62. The van der Waals surface area contributed by atoms with E-state index < -0.39 is 0 Å². The maximum absolute atomic E-state index is 13.0. The number of benzene rings is 1. The third-order valence-electron chi connectivity index (χ3n) is 6.21. The topological polar surface area (TPSA) is 85.4 Å². The van der Waals surface area contributed by atoms with E-state index in [9.17, 15) is 14.7 Å². The minimum atomic E-state index is -0.303. The molecular formula is C24H32ClN3O3. The summed E-state index contributed by atoms with van der Waals surface area (Å²) in [5, 5.41) is 12.9. The second-order valence-electron chi connectivity index (χ2n) is 8.30. The number of aromatic nitrogens is 1. The molecule has 1 aromatic carbocycles. The summed E-state index contributed by atoms with van der Waals surface area (Å²) >= 11 is 6.42. The van der Waals surface area contributed by atoms with E-state index in [1.807, 2.05) is 13.0 Å². The molecule has 1 amide bonds. The van der Waals surface area contributed by atoms with E-state index in [0.717, 1.165) is 30.6 Å². The average Bonchev–Trinajstić information content (AvgIpc) is 2.75. The van der Waals surface area contributed by atoms with Crippen molar-refractivity contribution in [2.45, 2.75) is 72.1 Å². The highest BCUT2D eigenvalue weighted by molar-refractivity contribution is 6.31. The van der Waals surface area contributed by atoms with Gasteiger partial charge in [0.05, 0.1) is 6.61 Å². The van der Waals surface area contributed by atoms with E-state index in [1.54, 1.807) is 19.1 Å². The zero-order chi connectivity index (χ0) is 22.5. The van der Waals surface area contributed by atoms with Crippen molar-refractivity contribution in [3.63, 3.8) is 0 Å². The van der Waals surface area contributed by atoms with Crippen LogP contribution in [-0.2, 0) is 13.2 Å². The van der Waals surface area contributed by atoms with Gasteiger partial charge < -0.3 is 20.3 Å². The van der Waals surface area contributed by atoms with Crippen molar-refractivity contribution in [1.29, 1.82) is 0 Å². The van der Waals surface area contributed by atoms with E-state index >= 15 is 0 Å². The monoisotopic (exact) mass is 445 g/mol. The molecule has 1 aromatic heterocycles. The zero-order valence-electron chi connectivity index (χ0n) is 18.6. The Labute approximate surface area is 188 Å². The van der Waals surface area contributed by atoms with Crippen LogP contribution < -0.4 is 15.8 Å². The number of pyridine rings is 1. The van der Waals surface area contributed by atoms with Crippen molar-refractivity contribution in [2.75, 3.05) is 11.4 Å². The van der Waals surface area contributed by atoms with Gasteiger partial charge in [-0.1, -0.05) is 30.9 Å². The lowest BCUT2D eigenvalue weighted by molar-refractivity contribution is 0.0950. The van der Waals surface area contributed by atoms with Crippen LogP contribution in [0.1, 0.15) is 71.8 Å². The number of carbonyl (C=O) groups excluding carboxylic acids is 1. The molecule has 0 unspecified atom stereocenters. The average molecular weight is 446 g/mol. The predicted molar refractivity (Wildman–Crippen MR) is 125 cm³/mol. The molecule has 1 aliphatic rings. The number of rotatable bonds is 7. The number of anilines is 1. The summed E-state index contributed by atoms with van der Waals surface area (Å²) in [6.07, 6.45) is 6.05. The van der Waals surface area contributed by atoms with E-state index in [-0.39, 0.29) is 24.6 Å². The van der Waals surface area contributed by atoms with E-state index in [0.29, 0.717) is 33.4 Å². The zero-order valence-corrected chi connectivity index (χ0v) is 19.3. The first kappa shape index (κ1) is 23.4. The highest BCUT2D eigenvalue weighted by Gasteiger charge is 2.24. The number of amides is 1. The number of hydrogen-bond acceptors (Lipinski definition) is 4. The summed E-state index contributed by atoms with van der Waals surface area (Å²) in [5.74, 6) is -0.287. The molecule has 3 N–H and O–H groups in total. The molecule has 0 atom stereocenters. The minimum absolute atomic E-state index is 0.0335. The Morgan fingerprint density at radius 2 is 1.94 bits per heavy atom. The lowest BCUT2D eigenvalue weighted by Crippen LogP contribution is -2.37. The number of aryl methyl sites for hydroxylation is 1. The summed E-state index contributed by atoms with van der Waals surface area (Å²) in [6.45, 7) is 6.46. The Balaban J connectivity index is 1.86. The van der Waals surface area contributed by atoms with Crippen molar-refractivity contribution < 1.29 is 9.90 Å². The van der Waals surface area contributed by atoms with Gasteiger partial charge in [0.25, 0.3) is 11.5 Å². The fraction of sp³-hybridized carbons (Fsp3) is 0.500. The van der Waals surface area contributed by atoms with Gasteiger partial charge in [-0.05, 0) is 62.9 Å². The third-order valence-corrected chi connectivity index (χ3v) is 6.43. The molecule has 0 saturated heterocycles. The SMILES string of the molecule is CCN(c1cc(Cl)cc(C(=O)NCc2c(CO)cc(C)[nH]c2=O)c1C)C1CCCCC1. The van der Waals surface area contributed by atoms with Gasteiger partial charge in [-0.3, -0.25) is 9.59 Å². The van der Waals surface area contributed by atoms with Crippen LogP contribution >= 0.6 is 11.6 Å². The molecule has 1 saturated carbocycles. The molecule has 31 heavy (non-hydrogen) atoms.